The van der Waals surface area contributed by atoms with E-state index in [0.717, 1.165) is 4.90 Å². The van der Waals surface area contributed by atoms with Crippen LogP contribution in [0.4, 0.5) is 0 Å². The van der Waals surface area contributed by atoms with E-state index in [2.05, 4.69) is 5.32 Å². The molecule has 0 saturated heterocycles. The zero-order valence-electron chi connectivity index (χ0n) is 8.60. The number of amides is 3. The molecule has 0 radical (unpaired) electrons. The standard InChI is InChI=1S/C9H13N3O4/c13-7(10-4-5-11-16)3-6-12-8(14)1-2-9(12)15/h1-2,11,16H,3-6H2,(H,10,13). The van der Waals surface area contributed by atoms with Crippen molar-refractivity contribution in [2.75, 3.05) is 19.6 Å². The molecular weight excluding hydrogens is 214 g/mol. The SMILES string of the molecule is O=C(CCN1C(=O)C=CC1=O)NCCNO. The van der Waals surface area contributed by atoms with Crippen LogP contribution in [0.15, 0.2) is 12.2 Å². The Hall–Kier alpha value is -1.73. The number of imide groups is 1. The summed E-state index contributed by atoms with van der Waals surface area (Å²) in [6.45, 7) is 0.605. The van der Waals surface area contributed by atoms with E-state index in [4.69, 9.17) is 5.21 Å². The van der Waals surface area contributed by atoms with Crippen molar-refractivity contribution in [3.63, 3.8) is 0 Å². The third-order valence-corrected chi connectivity index (χ3v) is 2.02. The van der Waals surface area contributed by atoms with Gasteiger partial charge in [-0.2, -0.15) is 0 Å². The minimum Gasteiger partial charge on any atom is -0.355 e. The van der Waals surface area contributed by atoms with Crippen LogP contribution in [-0.4, -0.2) is 47.5 Å². The topological polar surface area (TPSA) is 98.7 Å². The lowest BCUT2D eigenvalue weighted by Gasteiger charge is -2.13. The van der Waals surface area contributed by atoms with Gasteiger partial charge in [-0.25, -0.2) is 5.48 Å². The Morgan fingerprint density at radius 1 is 1.25 bits per heavy atom. The number of rotatable bonds is 6. The molecule has 0 spiro atoms. The summed E-state index contributed by atoms with van der Waals surface area (Å²) in [5.74, 6) is -1.06. The first-order valence-corrected chi connectivity index (χ1v) is 4.82. The van der Waals surface area contributed by atoms with Crippen LogP contribution in [0.5, 0.6) is 0 Å². The van der Waals surface area contributed by atoms with E-state index < -0.39 is 11.8 Å². The van der Waals surface area contributed by atoms with Crippen molar-refractivity contribution < 1.29 is 19.6 Å². The second-order valence-corrected chi connectivity index (χ2v) is 3.17. The number of hydrogen-bond acceptors (Lipinski definition) is 5. The molecule has 1 aliphatic heterocycles. The average Bonchev–Trinajstić information content (AvgIpc) is 2.57. The highest BCUT2D eigenvalue weighted by Crippen LogP contribution is 2.03. The summed E-state index contributed by atoms with van der Waals surface area (Å²) in [6, 6.07) is 0. The molecule has 0 aromatic heterocycles. The molecule has 3 N–H and O–H groups in total. The summed E-state index contributed by atoms with van der Waals surface area (Å²) in [5.41, 5.74) is 1.89. The van der Waals surface area contributed by atoms with Gasteiger partial charge < -0.3 is 10.5 Å². The van der Waals surface area contributed by atoms with Crippen molar-refractivity contribution in [2.45, 2.75) is 6.42 Å². The molecule has 7 nitrogen and oxygen atoms in total. The maximum atomic E-state index is 11.2. The summed E-state index contributed by atoms with van der Waals surface area (Å²) >= 11 is 0. The van der Waals surface area contributed by atoms with Crippen LogP contribution in [0.2, 0.25) is 0 Å². The fourth-order valence-electron chi connectivity index (χ4n) is 1.21. The molecule has 0 unspecified atom stereocenters. The van der Waals surface area contributed by atoms with Gasteiger partial charge in [-0.1, -0.05) is 0 Å². The first-order valence-electron chi connectivity index (χ1n) is 4.82. The Labute approximate surface area is 92.1 Å². The Bertz CT molecular complexity index is 309. The molecule has 0 aromatic rings. The van der Waals surface area contributed by atoms with E-state index >= 15 is 0 Å². The molecule has 0 aliphatic carbocycles. The first kappa shape index (κ1) is 12.3. The van der Waals surface area contributed by atoms with Gasteiger partial charge in [0.2, 0.25) is 5.91 Å². The number of carbonyl (C=O) groups excluding carboxylic acids is 3. The molecule has 0 aromatic carbocycles. The number of hydrogen-bond donors (Lipinski definition) is 3. The van der Waals surface area contributed by atoms with Crippen molar-refractivity contribution >= 4 is 17.7 Å². The van der Waals surface area contributed by atoms with Crippen molar-refractivity contribution in [3.05, 3.63) is 12.2 Å². The van der Waals surface area contributed by atoms with E-state index in [9.17, 15) is 14.4 Å². The van der Waals surface area contributed by atoms with Crippen LogP contribution in [0.3, 0.4) is 0 Å². The smallest absolute Gasteiger partial charge is 0.253 e. The van der Waals surface area contributed by atoms with E-state index in [1.165, 1.54) is 12.2 Å². The summed E-state index contributed by atoms with van der Waals surface area (Å²) in [4.78, 5) is 34.4. The van der Waals surface area contributed by atoms with Gasteiger partial charge in [0.15, 0.2) is 0 Å². The summed E-state index contributed by atoms with van der Waals surface area (Å²) in [6.07, 6.45) is 2.41. The largest absolute Gasteiger partial charge is 0.355 e. The first-order chi connectivity index (χ1) is 7.65. The lowest BCUT2D eigenvalue weighted by atomic mass is 10.3. The van der Waals surface area contributed by atoms with Gasteiger partial charge in [-0.15, -0.1) is 0 Å². The van der Waals surface area contributed by atoms with Crippen LogP contribution in [0, 0.1) is 0 Å². The zero-order chi connectivity index (χ0) is 12.0. The zero-order valence-corrected chi connectivity index (χ0v) is 8.60. The highest BCUT2D eigenvalue weighted by molar-refractivity contribution is 6.13. The fourth-order valence-corrected chi connectivity index (χ4v) is 1.21. The van der Waals surface area contributed by atoms with E-state index in [-0.39, 0.29) is 32.0 Å². The minimum atomic E-state index is -0.394. The molecule has 3 amide bonds. The van der Waals surface area contributed by atoms with Gasteiger partial charge in [0.1, 0.15) is 0 Å². The molecule has 0 saturated carbocycles. The van der Waals surface area contributed by atoms with Crippen LogP contribution in [-0.2, 0) is 14.4 Å². The van der Waals surface area contributed by atoms with Crippen LogP contribution < -0.4 is 10.8 Å². The van der Waals surface area contributed by atoms with Crippen molar-refractivity contribution in [3.8, 4) is 0 Å². The molecular formula is C9H13N3O4. The van der Waals surface area contributed by atoms with Crippen molar-refractivity contribution in [1.29, 1.82) is 0 Å². The van der Waals surface area contributed by atoms with Gasteiger partial charge in [0, 0.05) is 38.2 Å². The second kappa shape index (κ2) is 5.99. The van der Waals surface area contributed by atoms with Crippen molar-refractivity contribution in [2.24, 2.45) is 0 Å². The minimum absolute atomic E-state index is 0.0601. The van der Waals surface area contributed by atoms with Gasteiger partial charge in [0.05, 0.1) is 0 Å². The number of nitrogens with one attached hydrogen (secondary N) is 2. The number of hydroxylamine groups is 1. The van der Waals surface area contributed by atoms with E-state index in [0.29, 0.717) is 0 Å². The van der Waals surface area contributed by atoms with Gasteiger partial charge in [-0.3, -0.25) is 19.3 Å². The molecule has 0 atom stereocenters. The summed E-state index contributed by atoms with van der Waals surface area (Å²) in [7, 11) is 0. The highest BCUT2D eigenvalue weighted by atomic mass is 16.5. The quantitative estimate of drug-likeness (QED) is 0.288. The van der Waals surface area contributed by atoms with Crippen LogP contribution in [0.1, 0.15) is 6.42 Å². The average molecular weight is 227 g/mol. The fraction of sp³-hybridized carbons (Fsp3) is 0.444. The van der Waals surface area contributed by atoms with Crippen LogP contribution >= 0.6 is 0 Å². The lowest BCUT2D eigenvalue weighted by Crippen LogP contribution is -2.36. The van der Waals surface area contributed by atoms with Crippen LogP contribution in [0.25, 0.3) is 0 Å². The molecule has 88 valence electrons. The molecule has 1 heterocycles. The molecule has 0 bridgehead atoms. The van der Waals surface area contributed by atoms with Gasteiger partial charge in [0.25, 0.3) is 11.8 Å². The lowest BCUT2D eigenvalue weighted by molar-refractivity contribution is -0.137. The Balaban J connectivity index is 2.22. The van der Waals surface area contributed by atoms with Gasteiger partial charge in [-0.05, 0) is 0 Å². The molecule has 1 aliphatic rings. The third-order valence-electron chi connectivity index (χ3n) is 2.02. The second-order valence-electron chi connectivity index (χ2n) is 3.17. The number of carbonyl (C=O) groups is 3. The summed E-state index contributed by atoms with van der Waals surface area (Å²) < 4.78 is 0. The molecule has 1 rings (SSSR count). The number of nitrogens with zero attached hydrogens (tertiary/aromatic N) is 1. The maximum absolute atomic E-state index is 11.2. The Morgan fingerprint density at radius 2 is 1.88 bits per heavy atom. The molecule has 7 heteroatoms. The maximum Gasteiger partial charge on any atom is 0.253 e. The predicted octanol–water partition coefficient (Wildman–Crippen LogP) is -1.60. The Morgan fingerprint density at radius 3 is 2.44 bits per heavy atom. The van der Waals surface area contributed by atoms with Gasteiger partial charge >= 0.3 is 0 Å². The van der Waals surface area contributed by atoms with Crippen molar-refractivity contribution in [1.82, 2.24) is 15.7 Å². The predicted molar refractivity (Wildman–Crippen MR) is 53.3 cm³/mol. The molecule has 0 fully saturated rings. The normalized spacial score (nSPS) is 14.7. The molecule has 16 heavy (non-hydrogen) atoms. The third kappa shape index (κ3) is 3.44. The summed E-state index contributed by atoms with van der Waals surface area (Å²) in [5, 5.41) is 10.8. The van der Waals surface area contributed by atoms with E-state index in [1.54, 1.807) is 0 Å². The Kier molecular flexibility index (Phi) is 4.62. The highest BCUT2D eigenvalue weighted by Gasteiger charge is 2.23. The monoisotopic (exact) mass is 227 g/mol. The van der Waals surface area contributed by atoms with E-state index in [1.807, 2.05) is 5.48 Å².